The molecule has 0 radical (unpaired) electrons. The maximum absolute atomic E-state index is 9.53. The number of hydrogen-bond acceptors (Lipinski definition) is 12. The van der Waals surface area contributed by atoms with Gasteiger partial charge in [-0.2, -0.15) is 0 Å². The molecule has 12 nitrogen and oxygen atoms in total. The number of carbonyl (C=O) groups excluding carboxylic acids is 4. The second-order valence-electron chi connectivity index (χ2n) is 4.96. The van der Waals surface area contributed by atoms with Crippen molar-refractivity contribution in [3.8, 4) is 0 Å². The predicted molar refractivity (Wildman–Crippen MR) is 91.7 cm³/mol. The van der Waals surface area contributed by atoms with Gasteiger partial charge in [0, 0.05) is 0 Å². The molecular weight excluding hydrogens is 528 g/mol. The zero-order chi connectivity index (χ0) is 24.3. The maximum atomic E-state index is 9.53. The fraction of sp³-hybridized carbons (Fsp3) is 0.667. The minimum Gasteiger partial charge on any atom is -0.546 e. The summed E-state index contributed by atoms with van der Waals surface area (Å²) < 4.78 is 0. The number of halogens is 4. The van der Waals surface area contributed by atoms with Gasteiger partial charge in [-0.05, 0) is 27.7 Å². The van der Waals surface area contributed by atoms with Crippen molar-refractivity contribution in [3.63, 3.8) is 0 Å². The Kier molecular flexibility index (Phi) is 26.4. The Labute approximate surface area is 223 Å². The van der Waals surface area contributed by atoms with E-state index < -0.39 is 44.1 Å². The third-order valence-corrected chi connectivity index (χ3v) is 2.11. The van der Waals surface area contributed by atoms with Crippen molar-refractivity contribution in [2.75, 3.05) is 0 Å². The Morgan fingerprint density at radius 1 is 0.533 bits per heavy atom. The molecule has 4 unspecified atom stereocenters. The number of carbonyl (C=O) groups is 4. The number of aliphatic hydroxyl groups is 4. The summed E-state index contributed by atoms with van der Waals surface area (Å²) in [5, 5.41) is 62.0. The molecule has 0 amide bonds. The molecule has 18 heteroatoms. The summed E-state index contributed by atoms with van der Waals surface area (Å²) in [6, 6.07) is 0. The van der Waals surface area contributed by atoms with E-state index in [0.717, 1.165) is 27.7 Å². The van der Waals surface area contributed by atoms with E-state index >= 15 is 0 Å². The van der Waals surface area contributed by atoms with Gasteiger partial charge in [-0.25, -0.2) is 0 Å². The number of alkyl halides is 4. The number of aliphatic carboxylic acids is 4. The summed E-state index contributed by atoms with van der Waals surface area (Å²) in [5.41, 5.74) is 0. The second-order valence-corrected chi connectivity index (χ2v) is 7.91. The van der Waals surface area contributed by atoms with Crippen molar-refractivity contribution >= 4 is 87.6 Å². The monoisotopic (exact) mass is 542 g/mol. The van der Waals surface area contributed by atoms with Crippen LogP contribution in [0, 0.1) is 0 Å². The summed E-state index contributed by atoms with van der Waals surface area (Å²) >= 11 is 19.0. The summed E-state index contributed by atoms with van der Waals surface area (Å²) in [6.45, 7) is 3.68. The minimum absolute atomic E-state index is 0. The summed E-state index contributed by atoms with van der Waals surface area (Å²) in [5.74, 6) is -6.74. The molecule has 0 aliphatic carbocycles. The third-order valence-electron chi connectivity index (χ3n) is 1.49. The Morgan fingerprint density at radius 2 is 0.567 bits per heavy atom. The molecule has 4 N–H and O–H groups in total. The molecule has 0 saturated carbocycles. The van der Waals surface area contributed by atoms with Gasteiger partial charge in [0.2, 0.25) is 0 Å². The van der Waals surface area contributed by atoms with E-state index in [2.05, 4.69) is 0 Å². The molecule has 0 rings (SSSR count). The first-order chi connectivity index (χ1) is 11.8. The van der Waals surface area contributed by atoms with E-state index in [9.17, 15) is 39.6 Å². The van der Waals surface area contributed by atoms with Crippen molar-refractivity contribution in [2.45, 2.75) is 47.9 Å². The molecule has 30 heavy (non-hydrogen) atoms. The van der Waals surface area contributed by atoms with Gasteiger partial charge in [0.25, 0.3) is 0 Å². The first-order valence-electron chi connectivity index (χ1n) is 6.28. The Balaban J connectivity index is -0.0000000626. The largest absolute Gasteiger partial charge is 3.00 e. The molecular formula is C12H16AlCl4NaO12. The van der Waals surface area contributed by atoms with Gasteiger partial charge < -0.3 is 60.0 Å². The molecule has 0 aromatic rings. The van der Waals surface area contributed by atoms with Gasteiger partial charge in [0.15, 0.2) is 20.2 Å². The standard InChI is InChI=1S/4C3H5ClO3.Al.Na/c4*1-3(4,7)2(5)6;;/h4*7H,1H3,(H,5,6);;/q;;;;+3;+1/p-4. The van der Waals surface area contributed by atoms with Gasteiger partial charge in [0.05, 0.1) is 23.9 Å². The van der Waals surface area contributed by atoms with Crippen LogP contribution in [0.25, 0.3) is 0 Å². The van der Waals surface area contributed by atoms with Gasteiger partial charge in [0.1, 0.15) is 0 Å². The molecule has 4 atom stereocenters. The van der Waals surface area contributed by atoms with E-state index in [-0.39, 0.29) is 46.9 Å². The number of rotatable bonds is 4. The molecule has 0 fully saturated rings. The fourth-order valence-electron chi connectivity index (χ4n) is 0. The maximum Gasteiger partial charge on any atom is 3.00 e. The Hall–Kier alpha value is 0.412. The fourth-order valence-corrected chi connectivity index (χ4v) is 0. The van der Waals surface area contributed by atoms with E-state index in [1.54, 1.807) is 0 Å². The van der Waals surface area contributed by atoms with Crippen LogP contribution in [0.4, 0.5) is 0 Å². The van der Waals surface area contributed by atoms with Crippen LogP contribution in [0.3, 0.4) is 0 Å². The summed E-state index contributed by atoms with van der Waals surface area (Å²) in [4.78, 5) is 38.1. The molecule has 0 spiro atoms. The third kappa shape index (κ3) is 35.8. The Morgan fingerprint density at radius 3 is 0.567 bits per heavy atom. The van der Waals surface area contributed by atoms with Gasteiger partial charge in [-0.1, -0.05) is 46.4 Å². The van der Waals surface area contributed by atoms with Gasteiger partial charge in [-0.3, -0.25) is 0 Å². The number of hydrogen-bond donors (Lipinski definition) is 4. The average Bonchev–Trinajstić information content (AvgIpc) is 2.35. The van der Waals surface area contributed by atoms with Crippen molar-refractivity contribution < 1.29 is 89.6 Å². The molecule has 0 aromatic heterocycles. The van der Waals surface area contributed by atoms with Crippen molar-refractivity contribution in [1.29, 1.82) is 0 Å². The van der Waals surface area contributed by atoms with E-state index in [4.69, 9.17) is 66.8 Å². The van der Waals surface area contributed by atoms with E-state index in [1.807, 2.05) is 0 Å². The first-order valence-corrected chi connectivity index (χ1v) is 7.80. The molecule has 0 aliphatic heterocycles. The van der Waals surface area contributed by atoms with E-state index in [1.165, 1.54) is 0 Å². The predicted octanol–water partition coefficient (Wildman–Crippen LogP) is -8.64. The van der Waals surface area contributed by atoms with Crippen molar-refractivity contribution in [2.24, 2.45) is 0 Å². The topological polar surface area (TPSA) is 241 Å². The quantitative estimate of drug-likeness (QED) is 0.191. The molecule has 168 valence electrons. The van der Waals surface area contributed by atoms with Crippen LogP contribution < -0.4 is 50.0 Å². The smallest absolute Gasteiger partial charge is 0.546 e. The van der Waals surface area contributed by atoms with Crippen molar-refractivity contribution in [3.05, 3.63) is 0 Å². The molecule has 0 bridgehead atoms. The van der Waals surface area contributed by atoms with Crippen LogP contribution in [0.15, 0.2) is 0 Å². The molecule has 0 heterocycles. The van der Waals surface area contributed by atoms with Crippen molar-refractivity contribution in [1.82, 2.24) is 0 Å². The van der Waals surface area contributed by atoms with Gasteiger partial charge in [-0.15, -0.1) is 0 Å². The minimum atomic E-state index is -2.22. The average molecular weight is 544 g/mol. The molecule has 0 saturated heterocycles. The zero-order valence-corrected chi connectivity index (χ0v) is 22.3. The SMILES string of the molecule is CC(O)(Cl)C(=O)[O-].CC(O)(Cl)C(=O)[O-].CC(O)(Cl)C(=O)[O-].CC(O)(Cl)C(=O)[O-].[Al+3].[Na+]. The Bertz CT molecular complexity index is 439. The molecule has 0 aromatic carbocycles. The molecule has 0 aliphatic rings. The zero-order valence-electron chi connectivity index (χ0n) is 16.1. The van der Waals surface area contributed by atoms with Crippen LogP contribution in [0.2, 0.25) is 0 Å². The normalized spacial score (nSPS) is 16.9. The van der Waals surface area contributed by atoms with Crippen LogP contribution >= 0.6 is 46.4 Å². The van der Waals surface area contributed by atoms with Crippen LogP contribution in [0.1, 0.15) is 27.7 Å². The first kappa shape index (κ1) is 44.1. The van der Waals surface area contributed by atoms with E-state index in [0.29, 0.717) is 0 Å². The second kappa shape index (κ2) is 17.9. The number of carboxylic acids is 4. The number of carboxylic acid groups (broad SMARTS) is 4. The summed E-state index contributed by atoms with van der Waals surface area (Å²) in [6.07, 6.45) is 0. The van der Waals surface area contributed by atoms with Gasteiger partial charge >= 0.3 is 46.9 Å². The van der Waals surface area contributed by atoms with Crippen LogP contribution in [-0.4, -0.2) is 81.9 Å². The van der Waals surface area contributed by atoms with Crippen LogP contribution in [-0.2, 0) is 19.2 Å². The summed E-state index contributed by atoms with van der Waals surface area (Å²) in [7, 11) is 0. The van der Waals surface area contributed by atoms with Crippen LogP contribution in [0.5, 0.6) is 0 Å².